The molecule has 5 rings (SSSR count). The Labute approximate surface area is 210 Å². The number of allylic oxidation sites excluding steroid dienone is 1. The average molecular weight is 497 g/mol. The monoisotopic (exact) mass is 496 g/mol. The Bertz CT molecular complexity index is 1610. The van der Waals surface area contributed by atoms with Gasteiger partial charge in [0.05, 0.1) is 12.6 Å². The SMILES string of the molecule is COc1cc(OCC(=O)O)c(/C=C/C(=O)c2ccc3ncncc3c2)cc1-c1cc2ccccc2s1. The van der Waals surface area contributed by atoms with Gasteiger partial charge in [-0.15, -0.1) is 11.3 Å². The lowest BCUT2D eigenvalue weighted by molar-refractivity contribution is -0.139. The van der Waals surface area contributed by atoms with Crippen LogP contribution in [0.4, 0.5) is 0 Å². The van der Waals surface area contributed by atoms with Crippen LogP contribution in [0, 0.1) is 0 Å². The number of rotatable bonds is 8. The Morgan fingerprint density at radius 1 is 1.03 bits per heavy atom. The topological polar surface area (TPSA) is 98.6 Å². The molecule has 36 heavy (non-hydrogen) atoms. The lowest BCUT2D eigenvalue weighted by Gasteiger charge is -2.13. The van der Waals surface area contributed by atoms with Gasteiger partial charge in [-0.2, -0.15) is 0 Å². The fourth-order valence-electron chi connectivity index (χ4n) is 3.85. The molecule has 0 saturated heterocycles. The average Bonchev–Trinajstić information content (AvgIpc) is 3.34. The van der Waals surface area contributed by atoms with E-state index in [1.54, 1.807) is 55.0 Å². The highest BCUT2D eigenvalue weighted by atomic mass is 32.1. The first-order chi connectivity index (χ1) is 17.5. The maximum absolute atomic E-state index is 12.9. The zero-order chi connectivity index (χ0) is 25.1. The van der Waals surface area contributed by atoms with Crippen LogP contribution in [0.15, 0.2) is 79.3 Å². The lowest BCUT2D eigenvalue weighted by Crippen LogP contribution is -2.10. The summed E-state index contributed by atoms with van der Waals surface area (Å²) < 4.78 is 12.3. The smallest absolute Gasteiger partial charge is 0.341 e. The molecule has 0 saturated carbocycles. The number of hydrogen-bond acceptors (Lipinski definition) is 7. The van der Waals surface area contributed by atoms with Crippen molar-refractivity contribution in [3.8, 4) is 21.9 Å². The fourth-order valence-corrected chi connectivity index (χ4v) is 4.93. The molecule has 1 N–H and O–H groups in total. The van der Waals surface area contributed by atoms with Gasteiger partial charge in [-0.3, -0.25) is 4.79 Å². The molecule has 178 valence electrons. The van der Waals surface area contributed by atoms with Crippen LogP contribution in [-0.4, -0.2) is 40.5 Å². The molecule has 2 aromatic heterocycles. The lowest BCUT2D eigenvalue weighted by atomic mass is 10.0. The first kappa shape index (κ1) is 23.2. The minimum absolute atomic E-state index is 0.218. The number of benzene rings is 3. The van der Waals surface area contributed by atoms with Gasteiger partial charge in [-0.1, -0.05) is 18.2 Å². The molecule has 0 aliphatic carbocycles. The van der Waals surface area contributed by atoms with E-state index in [4.69, 9.17) is 14.6 Å². The predicted octanol–water partition coefficient (Wildman–Crippen LogP) is 5.88. The molecule has 8 heteroatoms. The third-order valence-electron chi connectivity index (χ3n) is 5.58. The third-order valence-corrected chi connectivity index (χ3v) is 6.73. The van der Waals surface area contributed by atoms with Crippen molar-refractivity contribution in [1.82, 2.24) is 9.97 Å². The van der Waals surface area contributed by atoms with E-state index >= 15 is 0 Å². The third kappa shape index (κ3) is 4.80. The van der Waals surface area contributed by atoms with Crippen molar-refractivity contribution in [2.75, 3.05) is 13.7 Å². The second-order valence-electron chi connectivity index (χ2n) is 7.92. The number of fused-ring (bicyclic) bond motifs is 2. The van der Waals surface area contributed by atoms with E-state index in [0.29, 0.717) is 22.6 Å². The number of carbonyl (C=O) groups is 2. The minimum Gasteiger partial charge on any atom is -0.496 e. The standard InChI is InChI=1S/C28H20N2O5S/c1-34-25-13-24(35-15-28(32)33)18(11-21(25)27-12-19-4-2-3-5-26(19)36-27)7-9-23(31)17-6-8-22-20(10-17)14-29-16-30-22/h2-14,16H,15H2,1H3,(H,32,33)/b9-7+. The Morgan fingerprint density at radius 3 is 2.69 bits per heavy atom. The largest absolute Gasteiger partial charge is 0.496 e. The van der Waals surface area contributed by atoms with Crippen molar-refractivity contribution in [2.24, 2.45) is 0 Å². The number of ketones is 1. The molecule has 0 bridgehead atoms. The number of carbonyl (C=O) groups excluding carboxylic acids is 1. The molecule has 0 spiro atoms. The predicted molar refractivity (Wildman–Crippen MR) is 140 cm³/mol. The number of nitrogens with zero attached hydrogens (tertiary/aromatic N) is 2. The van der Waals surface area contributed by atoms with Crippen LogP contribution in [0.5, 0.6) is 11.5 Å². The Hall–Kier alpha value is -4.56. The quantitative estimate of drug-likeness (QED) is 0.212. The minimum atomic E-state index is -1.10. The molecule has 0 fully saturated rings. The summed E-state index contributed by atoms with van der Waals surface area (Å²) in [6.45, 7) is -0.523. The molecule has 0 atom stereocenters. The number of thiophene rings is 1. The van der Waals surface area contributed by atoms with E-state index in [1.807, 2.05) is 30.3 Å². The molecular formula is C28H20N2O5S. The summed E-state index contributed by atoms with van der Waals surface area (Å²) in [4.78, 5) is 33.3. The van der Waals surface area contributed by atoms with Gasteiger partial charge < -0.3 is 14.6 Å². The fraction of sp³-hybridized carbons (Fsp3) is 0.0714. The molecule has 2 heterocycles. The molecule has 0 amide bonds. The second kappa shape index (κ2) is 9.97. The van der Waals surface area contributed by atoms with Gasteiger partial charge in [0, 0.05) is 43.9 Å². The Morgan fingerprint density at radius 2 is 1.89 bits per heavy atom. The summed E-state index contributed by atoms with van der Waals surface area (Å²) in [6.07, 6.45) is 6.18. The summed E-state index contributed by atoms with van der Waals surface area (Å²) in [5.74, 6) is -0.480. The summed E-state index contributed by atoms with van der Waals surface area (Å²) in [5, 5.41) is 11.0. The molecule has 0 aliphatic heterocycles. The number of methoxy groups -OCH3 is 1. The highest BCUT2D eigenvalue weighted by Gasteiger charge is 2.16. The van der Waals surface area contributed by atoms with Crippen LogP contribution in [0.2, 0.25) is 0 Å². The number of carboxylic acids is 1. The summed E-state index contributed by atoms with van der Waals surface area (Å²) in [5.41, 5.74) is 2.61. The van der Waals surface area contributed by atoms with Gasteiger partial charge >= 0.3 is 5.97 Å². The number of aliphatic carboxylic acids is 1. The van der Waals surface area contributed by atoms with Crippen molar-refractivity contribution in [1.29, 1.82) is 0 Å². The number of carboxylic acid groups (broad SMARTS) is 1. The maximum Gasteiger partial charge on any atom is 0.341 e. The van der Waals surface area contributed by atoms with Gasteiger partial charge in [-0.25, -0.2) is 14.8 Å². The zero-order valence-electron chi connectivity index (χ0n) is 19.2. The van der Waals surface area contributed by atoms with E-state index in [2.05, 4.69) is 16.0 Å². The normalized spacial score (nSPS) is 11.2. The highest BCUT2D eigenvalue weighted by Crippen LogP contribution is 2.41. The van der Waals surface area contributed by atoms with Gasteiger partial charge in [0.25, 0.3) is 0 Å². The van der Waals surface area contributed by atoms with E-state index in [1.165, 1.54) is 12.4 Å². The number of hydrogen-bond donors (Lipinski definition) is 1. The van der Waals surface area contributed by atoms with Crippen LogP contribution in [0.25, 0.3) is 37.5 Å². The van der Waals surface area contributed by atoms with Crippen molar-refractivity contribution in [2.45, 2.75) is 0 Å². The van der Waals surface area contributed by atoms with Gasteiger partial charge in [0.2, 0.25) is 0 Å². The van der Waals surface area contributed by atoms with Crippen LogP contribution < -0.4 is 9.47 Å². The summed E-state index contributed by atoms with van der Waals surface area (Å²) in [6, 6.07) is 18.9. The number of aromatic nitrogens is 2. The maximum atomic E-state index is 12.9. The van der Waals surface area contributed by atoms with Crippen molar-refractivity contribution in [3.05, 3.63) is 90.4 Å². The van der Waals surface area contributed by atoms with Crippen LogP contribution in [0.1, 0.15) is 15.9 Å². The van der Waals surface area contributed by atoms with Crippen LogP contribution in [-0.2, 0) is 4.79 Å². The van der Waals surface area contributed by atoms with Crippen LogP contribution >= 0.6 is 11.3 Å². The molecule has 0 aliphatic rings. The summed E-state index contributed by atoms with van der Waals surface area (Å²) in [7, 11) is 1.55. The molecule has 0 unspecified atom stereocenters. The first-order valence-electron chi connectivity index (χ1n) is 11.0. The zero-order valence-corrected chi connectivity index (χ0v) is 20.0. The second-order valence-corrected chi connectivity index (χ2v) is 9.00. The molecule has 7 nitrogen and oxygen atoms in total. The summed E-state index contributed by atoms with van der Waals surface area (Å²) >= 11 is 1.62. The molecule has 5 aromatic rings. The molecular weight excluding hydrogens is 476 g/mol. The van der Waals surface area contributed by atoms with Gasteiger partial charge in [0.1, 0.15) is 17.8 Å². The van der Waals surface area contributed by atoms with E-state index < -0.39 is 12.6 Å². The first-order valence-corrected chi connectivity index (χ1v) is 11.8. The van der Waals surface area contributed by atoms with Crippen molar-refractivity contribution >= 4 is 50.2 Å². The Kier molecular flexibility index (Phi) is 6.42. The Balaban J connectivity index is 1.55. The molecule has 0 radical (unpaired) electrons. The van der Waals surface area contributed by atoms with E-state index in [-0.39, 0.29) is 5.78 Å². The van der Waals surface area contributed by atoms with E-state index in [0.717, 1.165) is 31.4 Å². The highest BCUT2D eigenvalue weighted by molar-refractivity contribution is 7.22. The van der Waals surface area contributed by atoms with Crippen molar-refractivity contribution in [3.63, 3.8) is 0 Å². The van der Waals surface area contributed by atoms with E-state index in [9.17, 15) is 9.59 Å². The van der Waals surface area contributed by atoms with Gasteiger partial charge in [-0.05, 0) is 53.9 Å². The van der Waals surface area contributed by atoms with Crippen LogP contribution in [0.3, 0.4) is 0 Å². The van der Waals surface area contributed by atoms with Gasteiger partial charge in [0.15, 0.2) is 12.4 Å². The molecule has 3 aromatic carbocycles. The van der Waals surface area contributed by atoms with Crippen molar-refractivity contribution < 1.29 is 24.2 Å². The number of ether oxygens (including phenoxy) is 2.